The van der Waals surface area contributed by atoms with Gasteiger partial charge in [-0.05, 0) is 18.2 Å². The summed E-state index contributed by atoms with van der Waals surface area (Å²) in [5.41, 5.74) is 2.52. The van der Waals surface area contributed by atoms with Crippen LogP contribution in [-0.4, -0.2) is 17.4 Å². The smallest absolute Gasteiger partial charge is 0.176 e. The minimum absolute atomic E-state index is 0.0773. The van der Waals surface area contributed by atoms with Crippen molar-refractivity contribution in [3.63, 3.8) is 0 Å². The fraction of sp³-hybridized carbons (Fsp3) is 0.118. The molecular weight excluding hydrogens is 286 g/mol. The molecule has 1 aliphatic heterocycles. The van der Waals surface area contributed by atoms with Gasteiger partial charge in [0.25, 0.3) is 0 Å². The highest BCUT2D eigenvalue weighted by Crippen LogP contribution is 2.36. The van der Waals surface area contributed by atoms with E-state index < -0.39 is 0 Å². The summed E-state index contributed by atoms with van der Waals surface area (Å²) in [5.74, 6) is 0.642. The molecule has 0 saturated carbocycles. The number of nitrogens with one attached hydrogen (secondary N) is 1. The van der Waals surface area contributed by atoms with Crippen molar-refractivity contribution in [3.05, 3.63) is 64.8 Å². The molecule has 104 valence electrons. The Hall–Kier alpha value is -2.26. The lowest BCUT2D eigenvalue weighted by Crippen LogP contribution is -2.13. The summed E-state index contributed by atoms with van der Waals surface area (Å²) in [4.78, 5) is 15.9. The summed E-state index contributed by atoms with van der Waals surface area (Å²) in [7, 11) is 0. The number of rotatable bonds is 2. The van der Waals surface area contributed by atoms with Crippen molar-refractivity contribution in [3.8, 4) is 5.75 Å². The number of ketones is 1. The molecule has 3 nitrogen and oxygen atoms in total. The maximum atomic E-state index is 12.8. The standard InChI is InChI=1S/C17H12ClNO2/c18-10-5-6-11-13(8-19-15(11)7-10)17(20)14-9-21-16-4-2-1-3-12(14)16/h1-8,14,19H,9H2. The minimum atomic E-state index is -0.240. The van der Waals surface area contributed by atoms with Crippen LogP contribution in [0.2, 0.25) is 5.02 Å². The van der Waals surface area contributed by atoms with Gasteiger partial charge in [-0.1, -0.05) is 35.9 Å². The lowest BCUT2D eigenvalue weighted by Gasteiger charge is -2.07. The normalized spacial score (nSPS) is 16.7. The van der Waals surface area contributed by atoms with Gasteiger partial charge in [0.2, 0.25) is 0 Å². The fourth-order valence-electron chi connectivity index (χ4n) is 2.87. The topological polar surface area (TPSA) is 42.1 Å². The van der Waals surface area contributed by atoms with Crippen molar-refractivity contribution in [1.29, 1.82) is 0 Å². The second-order valence-electron chi connectivity index (χ2n) is 5.16. The lowest BCUT2D eigenvalue weighted by atomic mass is 9.92. The zero-order chi connectivity index (χ0) is 14.4. The molecule has 1 N–H and O–H groups in total. The molecule has 1 atom stereocenters. The second-order valence-corrected chi connectivity index (χ2v) is 5.59. The van der Waals surface area contributed by atoms with E-state index in [2.05, 4.69) is 4.98 Å². The van der Waals surface area contributed by atoms with Crippen LogP contribution in [0.25, 0.3) is 10.9 Å². The van der Waals surface area contributed by atoms with Gasteiger partial charge >= 0.3 is 0 Å². The highest BCUT2D eigenvalue weighted by Gasteiger charge is 2.31. The third kappa shape index (κ3) is 1.93. The number of carbonyl (C=O) groups excluding carboxylic acids is 1. The fourth-order valence-corrected chi connectivity index (χ4v) is 3.04. The van der Waals surface area contributed by atoms with Gasteiger partial charge in [-0.25, -0.2) is 0 Å². The number of para-hydroxylation sites is 1. The van der Waals surface area contributed by atoms with E-state index in [0.29, 0.717) is 17.2 Å². The number of benzene rings is 2. The average molecular weight is 298 g/mol. The number of hydrogen-bond acceptors (Lipinski definition) is 2. The summed E-state index contributed by atoms with van der Waals surface area (Å²) in [6, 6.07) is 13.2. The first-order valence-corrected chi connectivity index (χ1v) is 7.14. The quantitative estimate of drug-likeness (QED) is 0.721. The van der Waals surface area contributed by atoms with Crippen LogP contribution < -0.4 is 4.74 Å². The first-order valence-electron chi connectivity index (χ1n) is 6.76. The van der Waals surface area contributed by atoms with Crippen molar-refractivity contribution >= 4 is 28.3 Å². The van der Waals surface area contributed by atoms with Crippen LogP contribution in [-0.2, 0) is 0 Å². The van der Waals surface area contributed by atoms with E-state index in [0.717, 1.165) is 22.2 Å². The highest BCUT2D eigenvalue weighted by atomic mass is 35.5. The summed E-state index contributed by atoms with van der Waals surface area (Å²) < 4.78 is 5.61. The van der Waals surface area contributed by atoms with Gasteiger partial charge in [0.1, 0.15) is 12.4 Å². The van der Waals surface area contributed by atoms with Crippen molar-refractivity contribution in [2.45, 2.75) is 5.92 Å². The molecule has 0 bridgehead atoms. The third-order valence-corrected chi connectivity index (χ3v) is 4.16. The Balaban J connectivity index is 1.78. The molecule has 4 heteroatoms. The molecule has 2 aromatic carbocycles. The summed E-state index contributed by atoms with van der Waals surface area (Å²) in [6.45, 7) is 0.401. The third-order valence-electron chi connectivity index (χ3n) is 3.93. The van der Waals surface area contributed by atoms with Gasteiger partial charge in [0.05, 0.1) is 5.92 Å². The van der Waals surface area contributed by atoms with Gasteiger partial charge in [-0.2, -0.15) is 0 Å². The summed E-state index contributed by atoms with van der Waals surface area (Å²) >= 11 is 5.98. The van der Waals surface area contributed by atoms with Crippen LogP contribution in [0, 0.1) is 0 Å². The largest absolute Gasteiger partial charge is 0.492 e. The monoisotopic (exact) mass is 297 g/mol. The molecule has 4 rings (SSSR count). The van der Waals surface area contributed by atoms with Crippen LogP contribution in [0.1, 0.15) is 21.8 Å². The van der Waals surface area contributed by atoms with Gasteiger partial charge < -0.3 is 9.72 Å². The highest BCUT2D eigenvalue weighted by molar-refractivity contribution is 6.31. The summed E-state index contributed by atoms with van der Waals surface area (Å²) in [6.07, 6.45) is 1.75. The van der Waals surface area contributed by atoms with Crippen LogP contribution in [0.5, 0.6) is 5.75 Å². The van der Waals surface area contributed by atoms with Gasteiger partial charge in [-0.3, -0.25) is 4.79 Å². The Labute approximate surface area is 126 Å². The van der Waals surface area contributed by atoms with Crippen molar-refractivity contribution in [2.75, 3.05) is 6.61 Å². The molecule has 0 fully saturated rings. The number of fused-ring (bicyclic) bond motifs is 2. The number of aromatic nitrogens is 1. The predicted molar refractivity (Wildman–Crippen MR) is 82.3 cm³/mol. The maximum absolute atomic E-state index is 12.8. The van der Waals surface area contributed by atoms with Crippen LogP contribution in [0.4, 0.5) is 0 Å². The molecular formula is C17H12ClNO2. The van der Waals surface area contributed by atoms with Crippen molar-refractivity contribution in [2.24, 2.45) is 0 Å². The van der Waals surface area contributed by atoms with Crippen LogP contribution in [0.3, 0.4) is 0 Å². The average Bonchev–Trinajstić information content (AvgIpc) is 3.10. The van der Waals surface area contributed by atoms with E-state index in [4.69, 9.17) is 16.3 Å². The molecule has 1 aliphatic rings. The molecule has 2 heterocycles. The van der Waals surface area contributed by atoms with E-state index in [1.165, 1.54) is 0 Å². The Morgan fingerprint density at radius 1 is 1.24 bits per heavy atom. The van der Waals surface area contributed by atoms with E-state index in [1.54, 1.807) is 12.3 Å². The summed E-state index contributed by atoms with van der Waals surface area (Å²) in [5, 5.41) is 1.55. The lowest BCUT2D eigenvalue weighted by molar-refractivity contribution is 0.0949. The number of H-pyrrole nitrogens is 1. The Bertz CT molecular complexity index is 853. The van der Waals surface area contributed by atoms with E-state index in [-0.39, 0.29) is 11.7 Å². The Morgan fingerprint density at radius 2 is 2.10 bits per heavy atom. The van der Waals surface area contributed by atoms with Crippen molar-refractivity contribution < 1.29 is 9.53 Å². The van der Waals surface area contributed by atoms with E-state index in [1.807, 2.05) is 36.4 Å². The van der Waals surface area contributed by atoms with Crippen LogP contribution >= 0.6 is 11.6 Å². The number of halogens is 1. The van der Waals surface area contributed by atoms with Crippen LogP contribution in [0.15, 0.2) is 48.7 Å². The second kappa shape index (κ2) is 4.64. The number of aromatic amines is 1. The first kappa shape index (κ1) is 12.5. The molecule has 0 saturated heterocycles. The maximum Gasteiger partial charge on any atom is 0.176 e. The number of ether oxygens (including phenoxy) is 1. The molecule has 3 aromatic rings. The minimum Gasteiger partial charge on any atom is -0.492 e. The van der Waals surface area contributed by atoms with Gasteiger partial charge in [0, 0.05) is 33.2 Å². The SMILES string of the molecule is O=C(c1c[nH]c2cc(Cl)ccc12)C1COc2ccccc21. The Kier molecular flexibility index (Phi) is 2.76. The zero-order valence-electron chi connectivity index (χ0n) is 11.1. The molecule has 21 heavy (non-hydrogen) atoms. The number of Topliss-reactive ketones (excluding diaryl/α,β-unsaturated/α-hetero) is 1. The molecule has 1 aromatic heterocycles. The molecule has 0 amide bonds. The first-order chi connectivity index (χ1) is 10.2. The number of carbonyl (C=O) groups is 1. The predicted octanol–water partition coefficient (Wildman–Crippen LogP) is 4.18. The zero-order valence-corrected chi connectivity index (χ0v) is 11.9. The number of hydrogen-bond donors (Lipinski definition) is 1. The molecule has 0 spiro atoms. The van der Waals surface area contributed by atoms with E-state index >= 15 is 0 Å². The van der Waals surface area contributed by atoms with E-state index in [9.17, 15) is 4.79 Å². The van der Waals surface area contributed by atoms with Gasteiger partial charge in [-0.15, -0.1) is 0 Å². The Morgan fingerprint density at radius 3 is 3.00 bits per heavy atom. The van der Waals surface area contributed by atoms with Gasteiger partial charge in [0.15, 0.2) is 5.78 Å². The molecule has 0 radical (unpaired) electrons. The molecule has 0 aliphatic carbocycles. The van der Waals surface area contributed by atoms with Crippen molar-refractivity contribution in [1.82, 2.24) is 4.98 Å². The molecule has 1 unspecified atom stereocenters.